The van der Waals surface area contributed by atoms with Gasteiger partial charge in [0, 0.05) is 12.3 Å². The van der Waals surface area contributed by atoms with E-state index in [-0.39, 0.29) is 11.7 Å². The molecule has 2 aliphatic rings. The van der Waals surface area contributed by atoms with Gasteiger partial charge in [0.1, 0.15) is 5.78 Å². The molecule has 1 N–H and O–H groups in total. The highest BCUT2D eigenvalue weighted by Crippen LogP contribution is 2.52. The molecule has 2 aliphatic carbocycles. The van der Waals surface area contributed by atoms with Gasteiger partial charge in [0.15, 0.2) is 0 Å². The average Bonchev–Trinajstić information content (AvgIpc) is 2.56. The van der Waals surface area contributed by atoms with Crippen molar-refractivity contribution < 1.29 is 9.90 Å². The van der Waals surface area contributed by atoms with E-state index in [2.05, 4.69) is 20.4 Å². The van der Waals surface area contributed by atoms with E-state index >= 15 is 0 Å². The van der Waals surface area contributed by atoms with E-state index in [0.717, 1.165) is 12.8 Å². The van der Waals surface area contributed by atoms with Crippen LogP contribution in [0.5, 0.6) is 0 Å². The predicted octanol–water partition coefficient (Wildman–Crippen LogP) is 2.81. The number of aliphatic hydroxyl groups is 1. The van der Waals surface area contributed by atoms with Crippen LogP contribution in [0.15, 0.2) is 12.2 Å². The Kier molecular flexibility index (Phi) is 3.44. The van der Waals surface area contributed by atoms with Crippen LogP contribution in [-0.2, 0) is 4.79 Å². The molecule has 2 rings (SSSR count). The van der Waals surface area contributed by atoms with Gasteiger partial charge in [-0.15, -0.1) is 0 Å². The van der Waals surface area contributed by atoms with Crippen LogP contribution in [0.1, 0.15) is 40.0 Å². The number of hydrogen-bond acceptors (Lipinski definition) is 2. The molecule has 2 fully saturated rings. The summed E-state index contributed by atoms with van der Waals surface area (Å²) in [6.45, 7) is 10.4. The number of Topliss-reactive ketones (excluding diaryl/α,β-unsaturated/α-hetero) is 1. The lowest BCUT2D eigenvalue weighted by molar-refractivity contribution is -0.125. The van der Waals surface area contributed by atoms with Crippen LogP contribution in [-0.4, -0.2) is 17.0 Å². The molecule has 5 unspecified atom stereocenters. The summed E-state index contributed by atoms with van der Waals surface area (Å²) in [5.41, 5.74) is 1.24. The average molecular weight is 236 g/mol. The third-order valence-electron chi connectivity index (χ3n) is 4.87. The monoisotopic (exact) mass is 236 g/mol. The fourth-order valence-electron chi connectivity index (χ4n) is 4.03. The van der Waals surface area contributed by atoms with Crippen molar-refractivity contribution in [3.63, 3.8) is 0 Å². The second kappa shape index (κ2) is 4.56. The number of ketones is 1. The first kappa shape index (κ1) is 12.8. The Morgan fingerprint density at radius 2 is 2.00 bits per heavy atom. The number of fused-ring (bicyclic) bond motifs is 1. The molecule has 0 aromatic heterocycles. The lowest BCUT2D eigenvalue weighted by Crippen LogP contribution is -2.37. The second-order valence-corrected chi connectivity index (χ2v) is 6.23. The zero-order valence-corrected chi connectivity index (χ0v) is 11.1. The minimum atomic E-state index is -0.510. The summed E-state index contributed by atoms with van der Waals surface area (Å²) in [6.07, 6.45) is 2.30. The SMILES string of the molecule is C=C1CCC(C(C)C)C2C1CC(=O)C2C(C)O. The number of aliphatic hydroxyl groups excluding tert-OH is 1. The molecule has 2 heteroatoms. The maximum atomic E-state index is 12.1. The molecule has 0 radical (unpaired) electrons. The van der Waals surface area contributed by atoms with Crippen LogP contribution < -0.4 is 0 Å². The Morgan fingerprint density at radius 3 is 2.53 bits per heavy atom. The lowest BCUT2D eigenvalue weighted by atomic mass is 9.64. The number of rotatable bonds is 2. The molecular formula is C15H24O2. The summed E-state index contributed by atoms with van der Waals surface area (Å²) in [6, 6.07) is 0. The molecule has 0 saturated heterocycles. The van der Waals surface area contributed by atoms with E-state index in [1.165, 1.54) is 5.57 Å². The van der Waals surface area contributed by atoms with Gasteiger partial charge >= 0.3 is 0 Å². The molecule has 0 bridgehead atoms. The van der Waals surface area contributed by atoms with E-state index < -0.39 is 6.10 Å². The van der Waals surface area contributed by atoms with Crippen LogP contribution in [0, 0.1) is 29.6 Å². The molecule has 5 atom stereocenters. The third-order valence-corrected chi connectivity index (χ3v) is 4.87. The Balaban J connectivity index is 2.32. The number of carbonyl (C=O) groups is 1. The van der Waals surface area contributed by atoms with Gasteiger partial charge in [0.2, 0.25) is 0 Å². The molecule has 0 aromatic rings. The molecule has 2 nitrogen and oxygen atoms in total. The smallest absolute Gasteiger partial charge is 0.139 e. The lowest BCUT2D eigenvalue weighted by Gasteiger charge is -2.40. The zero-order chi connectivity index (χ0) is 12.7. The van der Waals surface area contributed by atoms with Gasteiger partial charge in [-0.25, -0.2) is 0 Å². The molecule has 0 amide bonds. The molecule has 2 saturated carbocycles. The van der Waals surface area contributed by atoms with E-state index in [4.69, 9.17) is 0 Å². The topological polar surface area (TPSA) is 37.3 Å². The third kappa shape index (κ3) is 2.08. The van der Waals surface area contributed by atoms with Crippen molar-refractivity contribution in [2.24, 2.45) is 29.6 Å². The van der Waals surface area contributed by atoms with Gasteiger partial charge in [-0.3, -0.25) is 4.79 Å². The minimum Gasteiger partial charge on any atom is -0.393 e. The summed E-state index contributed by atoms with van der Waals surface area (Å²) in [4.78, 5) is 12.1. The number of carbonyl (C=O) groups excluding carboxylic acids is 1. The van der Waals surface area contributed by atoms with Gasteiger partial charge in [-0.05, 0) is 43.4 Å². The number of allylic oxidation sites excluding steroid dienone is 1. The Hall–Kier alpha value is -0.630. The summed E-state index contributed by atoms with van der Waals surface area (Å²) < 4.78 is 0. The van der Waals surface area contributed by atoms with Crippen LogP contribution in [0.3, 0.4) is 0 Å². The highest BCUT2D eigenvalue weighted by molar-refractivity contribution is 5.85. The van der Waals surface area contributed by atoms with E-state index in [9.17, 15) is 9.90 Å². The molecule has 0 heterocycles. The van der Waals surface area contributed by atoms with Gasteiger partial charge < -0.3 is 5.11 Å². The largest absolute Gasteiger partial charge is 0.393 e. The van der Waals surface area contributed by atoms with Gasteiger partial charge in [-0.1, -0.05) is 26.0 Å². The highest BCUT2D eigenvalue weighted by Gasteiger charge is 2.51. The number of hydrogen-bond donors (Lipinski definition) is 1. The predicted molar refractivity (Wildman–Crippen MR) is 68.5 cm³/mol. The van der Waals surface area contributed by atoms with Crippen molar-refractivity contribution in [1.82, 2.24) is 0 Å². The van der Waals surface area contributed by atoms with Gasteiger partial charge in [-0.2, -0.15) is 0 Å². The normalized spacial score (nSPS) is 39.6. The van der Waals surface area contributed by atoms with Crippen LogP contribution in [0.4, 0.5) is 0 Å². The van der Waals surface area contributed by atoms with Crippen molar-refractivity contribution >= 4 is 5.78 Å². The highest BCUT2D eigenvalue weighted by atomic mass is 16.3. The Labute approximate surface area is 104 Å². The van der Waals surface area contributed by atoms with Crippen LogP contribution in [0.2, 0.25) is 0 Å². The summed E-state index contributed by atoms with van der Waals surface area (Å²) in [5, 5.41) is 9.90. The minimum absolute atomic E-state index is 0.149. The molecule has 96 valence electrons. The molecule has 17 heavy (non-hydrogen) atoms. The Morgan fingerprint density at radius 1 is 1.35 bits per heavy atom. The van der Waals surface area contributed by atoms with Gasteiger partial charge in [0.05, 0.1) is 6.10 Å². The van der Waals surface area contributed by atoms with E-state index in [0.29, 0.717) is 30.1 Å². The van der Waals surface area contributed by atoms with Crippen molar-refractivity contribution in [2.45, 2.75) is 46.1 Å². The Bertz CT molecular complexity index is 330. The van der Waals surface area contributed by atoms with Crippen molar-refractivity contribution in [3.05, 3.63) is 12.2 Å². The van der Waals surface area contributed by atoms with Crippen molar-refractivity contribution in [3.8, 4) is 0 Å². The first-order chi connectivity index (χ1) is 7.93. The van der Waals surface area contributed by atoms with E-state index in [1.54, 1.807) is 6.92 Å². The summed E-state index contributed by atoms with van der Waals surface area (Å²) in [7, 11) is 0. The quantitative estimate of drug-likeness (QED) is 0.749. The molecule has 0 aliphatic heterocycles. The first-order valence-corrected chi connectivity index (χ1v) is 6.82. The van der Waals surface area contributed by atoms with Crippen LogP contribution >= 0.6 is 0 Å². The van der Waals surface area contributed by atoms with Crippen molar-refractivity contribution in [1.29, 1.82) is 0 Å². The molecule has 0 spiro atoms. The standard InChI is InChI=1S/C15H24O2/c1-8(2)11-6-5-9(3)12-7-13(17)14(10(4)16)15(11)12/h8,10-12,14-16H,3,5-7H2,1-2,4H3. The van der Waals surface area contributed by atoms with E-state index in [1.807, 2.05) is 0 Å². The summed E-state index contributed by atoms with van der Waals surface area (Å²) in [5.74, 6) is 1.93. The first-order valence-electron chi connectivity index (χ1n) is 6.82. The fourth-order valence-corrected chi connectivity index (χ4v) is 4.03. The zero-order valence-electron chi connectivity index (χ0n) is 11.1. The maximum absolute atomic E-state index is 12.1. The maximum Gasteiger partial charge on any atom is 0.139 e. The molecule has 0 aromatic carbocycles. The van der Waals surface area contributed by atoms with Gasteiger partial charge in [0.25, 0.3) is 0 Å². The molecular weight excluding hydrogens is 212 g/mol. The van der Waals surface area contributed by atoms with Crippen molar-refractivity contribution in [2.75, 3.05) is 0 Å². The fraction of sp³-hybridized carbons (Fsp3) is 0.800. The summed E-state index contributed by atoms with van der Waals surface area (Å²) >= 11 is 0. The second-order valence-electron chi connectivity index (χ2n) is 6.23. The van der Waals surface area contributed by atoms with Crippen LogP contribution in [0.25, 0.3) is 0 Å².